The molecule has 0 saturated carbocycles. The van der Waals surface area contributed by atoms with Crippen molar-refractivity contribution in [2.75, 3.05) is 0 Å². The van der Waals surface area contributed by atoms with E-state index < -0.39 is 6.10 Å². The van der Waals surface area contributed by atoms with Crippen LogP contribution < -0.4 is 0 Å². The average Bonchev–Trinajstić information content (AvgIpc) is 2.52. The SMILES string of the molecule is CC(C)C(O)c1ccc(CC#N)o1. The summed E-state index contributed by atoms with van der Waals surface area (Å²) in [4.78, 5) is 0. The first kappa shape index (κ1) is 9.82. The number of nitriles is 1. The standard InChI is InChI=1S/C10H13NO2/c1-7(2)10(12)9-4-3-8(13-9)5-6-11/h3-4,7,10,12H,5H2,1-2H3. The maximum absolute atomic E-state index is 9.60. The van der Waals surface area contributed by atoms with Crippen LogP contribution in [0.2, 0.25) is 0 Å². The third-order valence-corrected chi connectivity index (χ3v) is 1.86. The number of aliphatic hydroxyl groups excluding tert-OH is 1. The van der Waals surface area contributed by atoms with Crippen molar-refractivity contribution in [3.63, 3.8) is 0 Å². The lowest BCUT2D eigenvalue weighted by Crippen LogP contribution is -2.03. The molecule has 1 aromatic heterocycles. The molecule has 1 heterocycles. The first-order valence-corrected chi connectivity index (χ1v) is 4.28. The molecule has 70 valence electrons. The van der Waals surface area contributed by atoms with E-state index in [1.165, 1.54) is 0 Å². The first-order valence-electron chi connectivity index (χ1n) is 4.28. The Balaban J connectivity index is 2.74. The maximum Gasteiger partial charge on any atom is 0.132 e. The zero-order valence-electron chi connectivity index (χ0n) is 7.82. The van der Waals surface area contributed by atoms with Crippen molar-refractivity contribution in [2.45, 2.75) is 26.4 Å². The molecule has 1 unspecified atom stereocenters. The number of rotatable bonds is 3. The van der Waals surface area contributed by atoms with Crippen molar-refractivity contribution in [3.05, 3.63) is 23.7 Å². The second-order valence-corrected chi connectivity index (χ2v) is 3.33. The second-order valence-electron chi connectivity index (χ2n) is 3.33. The van der Waals surface area contributed by atoms with Gasteiger partial charge >= 0.3 is 0 Å². The van der Waals surface area contributed by atoms with Crippen molar-refractivity contribution in [1.82, 2.24) is 0 Å². The fraction of sp³-hybridized carbons (Fsp3) is 0.500. The molecule has 0 bridgehead atoms. The summed E-state index contributed by atoms with van der Waals surface area (Å²) in [5.74, 6) is 1.28. The Kier molecular flexibility index (Phi) is 3.10. The summed E-state index contributed by atoms with van der Waals surface area (Å²) in [6.07, 6.45) is -0.322. The lowest BCUT2D eigenvalue weighted by molar-refractivity contribution is 0.101. The summed E-state index contributed by atoms with van der Waals surface area (Å²) in [6.45, 7) is 3.83. The van der Waals surface area contributed by atoms with E-state index in [9.17, 15) is 5.11 Å². The molecule has 0 fully saturated rings. The molecule has 3 nitrogen and oxygen atoms in total. The number of nitrogens with zero attached hydrogens (tertiary/aromatic N) is 1. The zero-order chi connectivity index (χ0) is 9.84. The summed E-state index contributed by atoms with van der Waals surface area (Å²) in [5.41, 5.74) is 0. The molecule has 1 atom stereocenters. The number of aliphatic hydroxyl groups is 1. The van der Waals surface area contributed by atoms with Gasteiger partial charge in [-0.1, -0.05) is 13.8 Å². The number of furan rings is 1. The van der Waals surface area contributed by atoms with Crippen LogP contribution in [0, 0.1) is 17.2 Å². The van der Waals surface area contributed by atoms with Gasteiger partial charge in [0.05, 0.1) is 12.5 Å². The molecule has 1 aromatic rings. The lowest BCUT2D eigenvalue weighted by atomic mass is 10.1. The minimum atomic E-state index is -0.576. The van der Waals surface area contributed by atoms with E-state index in [1.54, 1.807) is 12.1 Å². The Morgan fingerprint density at radius 2 is 2.23 bits per heavy atom. The monoisotopic (exact) mass is 179 g/mol. The van der Waals surface area contributed by atoms with Crippen LogP contribution >= 0.6 is 0 Å². The smallest absolute Gasteiger partial charge is 0.132 e. The van der Waals surface area contributed by atoms with Gasteiger partial charge in [-0.2, -0.15) is 5.26 Å². The molecule has 0 spiro atoms. The van der Waals surface area contributed by atoms with E-state index in [0.29, 0.717) is 11.5 Å². The van der Waals surface area contributed by atoms with Gasteiger partial charge in [-0.25, -0.2) is 0 Å². The van der Waals surface area contributed by atoms with Crippen LogP contribution in [0.1, 0.15) is 31.5 Å². The second kappa shape index (κ2) is 4.11. The van der Waals surface area contributed by atoms with Gasteiger partial charge in [-0.3, -0.25) is 0 Å². The summed E-state index contributed by atoms with van der Waals surface area (Å²) in [6, 6.07) is 5.44. The highest BCUT2D eigenvalue weighted by atomic mass is 16.4. The molecular weight excluding hydrogens is 166 g/mol. The minimum absolute atomic E-state index is 0.126. The predicted octanol–water partition coefficient (Wildman–Crippen LogP) is 2.04. The van der Waals surface area contributed by atoms with Crippen LogP contribution in [0.5, 0.6) is 0 Å². The van der Waals surface area contributed by atoms with Crippen molar-refractivity contribution >= 4 is 0 Å². The molecule has 13 heavy (non-hydrogen) atoms. The lowest BCUT2D eigenvalue weighted by Gasteiger charge is -2.10. The van der Waals surface area contributed by atoms with Crippen LogP contribution in [-0.2, 0) is 6.42 Å². The van der Waals surface area contributed by atoms with Crippen LogP contribution in [0.3, 0.4) is 0 Å². The molecule has 0 radical (unpaired) electrons. The Hall–Kier alpha value is -1.27. The van der Waals surface area contributed by atoms with E-state index in [-0.39, 0.29) is 12.3 Å². The van der Waals surface area contributed by atoms with Crippen molar-refractivity contribution in [2.24, 2.45) is 5.92 Å². The normalized spacial score (nSPS) is 12.8. The number of hydrogen-bond acceptors (Lipinski definition) is 3. The highest BCUT2D eigenvalue weighted by molar-refractivity contribution is 5.12. The Labute approximate surface area is 77.6 Å². The largest absolute Gasteiger partial charge is 0.462 e. The van der Waals surface area contributed by atoms with Gasteiger partial charge in [0, 0.05) is 0 Å². The molecule has 0 amide bonds. The third kappa shape index (κ3) is 2.33. The van der Waals surface area contributed by atoms with Crippen LogP contribution in [0.4, 0.5) is 0 Å². The van der Waals surface area contributed by atoms with Gasteiger partial charge in [-0.05, 0) is 18.1 Å². The van der Waals surface area contributed by atoms with E-state index in [0.717, 1.165) is 0 Å². The van der Waals surface area contributed by atoms with E-state index in [4.69, 9.17) is 9.68 Å². The predicted molar refractivity (Wildman–Crippen MR) is 47.8 cm³/mol. The first-order chi connectivity index (χ1) is 6.15. The van der Waals surface area contributed by atoms with Crippen molar-refractivity contribution in [1.29, 1.82) is 5.26 Å². The fourth-order valence-corrected chi connectivity index (χ4v) is 1.05. The Morgan fingerprint density at radius 1 is 1.54 bits per heavy atom. The summed E-state index contributed by atoms with van der Waals surface area (Å²) >= 11 is 0. The molecule has 0 aliphatic carbocycles. The van der Waals surface area contributed by atoms with Crippen LogP contribution in [0.15, 0.2) is 16.5 Å². The van der Waals surface area contributed by atoms with Gasteiger partial charge in [0.15, 0.2) is 0 Å². The van der Waals surface area contributed by atoms with Crippen LogP contribution in [0.25, 0.3) is 0 Å². The van der Waals surface area contributed by atoms with Gasteiger partial charge < -0.3 is 9.52 Å². The molecule has 0 aliphatic rings. The summed E-state index contributed by atoms with van der Waals surface area (Å²) in [7, 11) is 0. The Bertz CT molecular complexity index is 309. The Morgan fingerprint density at radius 3 is 2.77 bits per heavy atom. The minimum Gasteiger partial charge on any atom is -0.462 e. The van der Waals surface area contributed by atoms with Gasteiger partial charge in [-0.15, -0.1) is 0 Å². The molecular formula is C10H13NO2. The topological polar surface area (TPSA) is 57.2 Å². The maximum atomic E-state index is 9.60. The highest BCUT2D eigenvalue weighted by Crippen LogP contribution is 2.23. The third-order valence-electron chi connectivity index (χ3n) is 1.86. The van der Waals surface area contributed by atoms with Crippen molar-refractivity contribution < 1.29 is 9.52 Å². The van der Waals surface area contributed by atoms with Gasteiger partial charge in [0.25, 0.3) is 0 Å². The molecule has 1 rings (SSSR count). The molecule has 1 N–H and O–H groups in total. The van der Waals surface area contributed by atoms with Gasteiger partial charge in [0.2, 0.25) is 0 Å². The van der Waals surface area contributed by atoms with E-state index >= 15 is 0 Å². The molecule has 0 aliphatic heterocycles. The van der Waals surface area contributed by atoms with Gasteiger partial charge in [0.1, 0.15) is 17.6 Å². The summed E-state index contributed by atoms with van der Waals surface area (Å²) in [5, 5.41) is 18.0. The van der Waals surface area contributed by atoms with E-state index in [1.807, 2.05) is 19.9 Å². The van der Waals surface area contributed by atoms with Crippen molar-refractivity contribution in [3.8, 4) is 6.07 Å². The molecule has 0 saturated heterocycles. The van der Waals surface area contributed by atoms with Crippen LogP contribution in [-0.4, -0.2) is 5.11 Å². The molecule has 3 heteroatoms. The fourth-order valence-electron chi connectivity index (χ4n) is 1.05. The molecule has 0 aromatic carbocycles. The highest BCUT2D eigenvalue weighted by Gasteiger charge is 2.15. The summed E-state index contributed by atoms with van der Waals surface area (Å²) < 4.78 is 5.27. The number of hydrogen-bond donors (Lipinski definition) is 1. The average molecular weight is 179 g/mol. The quantitative estimate of drug-likeness (QED) is 0.772. The van der Waals surface area contributed by atoms with E-state index in [2.05, 4.69) is 0 Å². The zero-order valence-corrected chi connectivity index (χ0v) is 7.82.